The van der Waals surface area contributed by atoms with Gasteiger partial charge in [-0.1, -0.05) is 24.6 Å². The zero-order valence-corrected chi connectivity index (χ0v) is 17.5. The van der Waals surface area contributed by atoms with Crippen molar-refractivity contribution >= 4 is 34.2 Å². The van der Waals surface area contributed by atoms with Gasteiger partial charge < -0.3 is 10.1 Å². The Morgan fingerprint density at radius 3 is 2.66 bits per heavy atom. The molecule has 1 aromatic heterocycles. The lowest BCUT2D eigenvalue weighted by Gasteiger charge is -2.12. The van der Waals surface area contributed by atoms with Crippen molar-refractivity contribution in [2.75, 3.05) is 7.05 Å². The number of fused-ring (bicyclic) bond motifs is 1. The van der Waals surface area contributed by atoms with Crippen molar-refractivity contribution < 1.29 is 14.3 Å². The van der Waals surface area contributed by atoms with Crippen LogP contribution in [0.5, 0.6) is 11.5 Å². The van der Waals surface area contributed by atoms with E-state index in [0.29, 0.717) is 34.9 Å². The van der Waals surface area contributed by atoms with Crippen LogP contribution in [0.3, 0.4) is 0 Å². The molecule has 0 saturated carbocycles. The number of ether oxygens (including phenoxy) is 1. The minimum atomic E-state index is -0.164. The molecule has 150 valence electrons. The maximum atomic E-state index is 12.1. The first-order chi connectivity index (χ1) is 13.9. The number of halogens is 1. The van der Waals surface area contributed by atoms with Crippen LogP contribution in [0.4, 0.5) is 0 Å². The summed E-state index contributed by atoms with van der Waals surface area (Å²) in [5.74, 6) is 1.13. The minimum Gasteiger partial charge on any atom is -0.457 e. The first kappa shape index (κ1) is 20.8. The number of nitrogens with one attached hydrogen (secondary N) is 1. The number of aromatic nitrogens is 1. The van der Waals surface area contributed by atoms with Crippen LogP contribution in [0.15, 0.2) is 42.6 Å². The molecular formula is C23H23ClN2O3. The molecule has 1 heterocycles. The lowest BCUT2D eigenvalue weighted by Crippen LogP contribution is -2.18. The molecular weight excluding hydrogens is 388 g/mol. The lowest BCUT2D eigenvalue weighted by molar-refractivity contribution is -0.118. The molecule has 0 spiro atoms. The van der Waals surface area contributed by atoms with Crippen molar-refractivity contribution in [1.82, 2.24) is 10.3 Å². The second-order valence-corrected chi connectivity index (χ2v) is 7.30. The molecule has 0 atom stereocenters. The second kappa shape index (κ2) is 9.05. The molecule has 6 heteroatoms. The summed E-state index contributed by atoms with van der Waals surface area (Å²) >= 11 is 6.37. The molecule has 0 aliphatic rings. The number of ketones is 1. The Balaban J connectivity index is 1.92. The largest absolute Gasteiger partial charge is 0.457 e. The van der Waals surface area contributed by atoms with Crippen molar-refractivity contribution in [3.05, 3.63) is 64.3 Å². The topological polar surface area (TPSA) is 68.3 Å². The molecule has 5 nitrogen and oxygen atoms in total. The Labute approximate surface area is 175 Å². The van der Waals surface area contributed by atoms with Crippen molar-refractivity contribution in [3.63, 3.8) is 0 Å². The SMILES string of the molecule is CCCC(=O)Cc1ccc(Oc2ccnc3cc(C)c(C(=O)NC)cc23)cc1Cl. The second-order valence-electron chi connectivity index (χ2n) is 6.89. The van der Waals surface area contributed by atoms with Crippen LogP contribution >= 0.6 is 11.6 Å². The van der Waals surface area contributed by atoms with E-state index in [1.165, 1.54) is 0 Å². The van der Waals surface area contributed by atoms with Gasteiger partial charge in [-0.3, -0.25) is 14.6 Å². The molecule has 3 rings (SSSR count). The van der Waals surface area contributed by atoms with E-state index in [1.54, 1.807) is 37.5 Å². The number of hydrogen-bond acceptors (Lipinski definition) is 4. The van der Waals surface area contributed by atoms with E-state index >= 15 is 0 Å². The number of rotatable bonds is 7. The Morgan fingerprint density at radius 2 is 1.97 bits per heavy atom. The number of nitrogens with zero attached hydrogens (tertiary/aromatic N) is 1. The Bertz CT molecular complexity index is 1080. The summed E-state index contributed by atoms with van der Waals surface area (Å²) in [6.07, 6.45) is 3.35. The summed E-state index contributed by atoms with van der Waals surface area (Å²) in [5.41, 5.74) is 2.93. The maximum Gasteiger partial charge on any atom is 0.251 e. The third kappa shape index (κ3) is 4.74. The van der Waals surface area contributed by atoms with E-state index in [1.807, 2.05) is 26.0 Å². The minimum absolute atomic E-state index is 0.164. The Hall–Kier alpha value is -2.92. The molecule has 3 aromatic rings. The van der Waals surface area contributed by atoms with Crippen LogP contribution in [-0.2, 0) is 11.2 Å². The Kier molecular flexibility index (Phi) is 6.49. The van der Waals surface area contributed by atoms with Crippen molar-refractivity contribution in [1.29, 1.82) is 0 Å². The third-order valence-electron chi connectivity index (χ3n) is 4.69. The van der Waals surface area contributed by atoms with Gasteiger partial charge in [0.2, 0.25) is 0 Å². The van der Waals surface area contributed by atoms with Crippen molar-refractivity contribution in [3.8, 4) is 11.5 Å². The summed E-state index contributed by atoms with van der Waals surface area (Å²) in [6, 6.07) is 10.7. The van der Waals surface area contributed by atoms with Crippen LogP contribution in [-0.4, -0.2) is 23.7 Å². The van der Waals surface area contributed by atoms with Crippen molar-refractivity contribution in [2.45, 2.75) is 33.1 Å². The van der Waals surface area contributed by atoms with Gasteiger partial charge >= 0.3 is 0 Å². The van der Waals surface area contributed by atoms with E-state index < -0.39 is 0 Å². The summed E-state index contributed by atoms with van der Waals surface area (Å²) < 4.78 is 6.05. The molecule has 0 unspecified atom stereocenters. The number of carbonyl (C=O) groups excluding carboxylic acids is 2. The highest BCUT2D eigenvalue weighted by atomic mass is 35.5. The van der Waals surface area contributed by atoms with Gasteiger partial charge in [0.05, 0.1) is 5.52 Å². The number of carbonyl (C=O) groups is 2. The standard InChI is InChI=1S/C23H23ClN2O3/c1-4-5-16(27)11-15-6-7-17(12-20(15)24)29-22-8-9-26-21-10-14(2)18(13-19(21)22)23(28)25-3/h6-10,12-13H,4-5,11H2,1-3H3,(H,25,28). The van der Waals surface area contributed by atoms with Crippen LogP contribution in [0.25, 0.3) is 10.9 Å². The first-order valence-electron chi connectivity index (χ1n) is 9.52. The highest BCUT2D eigenvalue weighted by Crippen LogP contribution is 2.32. The molecule has 0 radical (unpaired) electrons. The van der Waals surface area contributed by atoms with Gasteiger partial charge in [0.1, 0.15) is 17.3 Å². The summed E-state index contributed by atoms with van der Waals surface area (Å²) in [5, 5.41) is 3.87. The number of amides is 1. The lowest BCUT2D eigenvalue weighted by atomic mass is 10.0. The fourth-order valence-corrected chi connectivity index (χ4v) is 3.42. The highest BCUT2D eigenvalue weighted by Gasteiger charge is 2.13. The number of aryl methyl sites for hydroxylation is 1. The average Bonchev–Trinajstić information content (AvgIpc) is 2.69. The van der Waals surface area contributed by atoms with Crippen LogP contribution in [0, 0.1) is 6.92 Å². The molecule has 1 amide bonds. The van der Waals surface area contributed by atoms with Gasteiger partial charge in [-0.05, 0) is 54.8 Å². The van der Waals surface area contributed by atoms with E-state index in [0.717, 1.165) is 28.5 Å². The number of hydrogen-bond donors (Lipinski definition) is 1. The Morgan fingerprint density at radius 1 is 1.17 bits per heavy atom. The average molecular weight is 411 g/mol. The zero-order valence-electron chi connectivity index (χ0n) is 16.7. The van der Waals surface area contributed by atoms with E-state index in [2.05, 4.69) is 10.3 Å². The summed E-state index contributed by atoms with van der Waals surface area (Å²) in [6.45, 7) is 3.85. The van der Waals surface area contributed by atoms with Gasteiger partial charge in [0.25, 0.3) is 5.91 Å². The van der Waals surface area contributed by atoms with E-state index in [4.69, 9.17) is 16.3 Å². The van der Waals surface area contributed by atoms with Crippen LogP contribution in [0.1, 0.15) is 41.3 Å². The number of pyridine rings is 1. The molecule has 0 saturated heterocycles. The predicted molar refractivity (Wildman–Crippen MR) is 115 cm³/mol. The van der Waals surface area contributed by atoms with Gasteiger partial charge in [-0.15, -0.1) is 0 Å². The third-order valence-corrected chi connectivity index (χ3v) is 5.04. The molecule has 0 aliphatic carbocycles. The van der Waals surface area contributed by atoms with Crippen molar-refractivity contribution in [2.24, 2.45) is 0 Å². The van der Waals surface area contributed by atoms with Gasteiger partial charge in [-0.25, -0.2) is 0 Å². The smallest absolute Gasteiger partial charge is 0.251 e. The van der Waals surface area contributed by atoms with Crippen LogP contribution in [0.2, 0.25) is 5.02 Å². The maximum absolute atomic E-state index is 12.1. The first-order valence-corrected chi connectivity index (χ1v) is 9.90. The highest BCUT2D eigenvalue weighted by molar-refractivity contribution is 6.31. The van der Waals surface area contributed by atoms with E-state index in [9.17, 15) is 9.59 Å². The summed E-state index contributed by atoms with van der Waals surface area (Å²) in [7, 11) is 1.60. The predicted octanol–water partition coefficient (Wildman–Crippen LogP) is 5.26. The number of Topliss-reactive ketones (excluding diaryl/α,β-unsaturated/α-hetero) is 1. The molecule has 2 aromatic carbocycles. The fourth-order valence-electron chi connectivity index (χ4n) is 3.18. The zero-order chi connectivity index (χ0) is 21.0. The molecule has 0 aliphatic heterocycles. The number of benzene rings is 2. The molecule has 29 heavy (non-hydrogen) atoms. The van der Waals surface area contributed by atoms with Gasteiger partial charge in [0.15, 0.2) is 0 Å². The fraction of sp³-hybridized carbons (Fsp3) is 0.261. The summed E-state index contributed by atoms with van der Waals surface area (Å²) in [4.78, 5) is 28.4. The molecule has 1 N–H and O–H groups in total. The van der Waals surface area contributed by atoms with Gasteiger partial charge in [-0.2, -0.15) is 0 Å². The van der Waals surface area contributed by atoms with Gasteiger partial charge in [0, 0.05) is 42.1 Å². The van der Waals surface area contributed by atoms with E-state index in [-0.39, 0.29) is 11.7 Å². The normalized spacial score (nSPS) is 10.8. The quantitative estimate of drug-likeness (QED) is 0.576. The molecule has 0 bridgehead atoms. The van der Waals surface area contributed by atoms with Crippen LogP contribution < -0.4 is 10.1 Å². The monoisotopic (exact) mass is 410 g/mol. The molecule has 0 fully saturated rings.